The number of hydrogen-bond acceptors (Lipinski definition) is 2. The molecule has 5 heteroatoms. The summed E-state index contributed by atoms with van der Waals surface area (Å²) in [6, 6.07) is 6.23. The Morgan fingerprint density at radius 3 is 1.92 bits per heavy atom. The van der Waals surface area contributed by atoms with Gasteiger partial charge in [0.25, 0.3) is 5.24 Å². The molecule has 0 unspecified atom stereocenters. The second-order valence-electron chi connectivity index (χ2n) is 2.26. The van der Waals surface area contributed by atoms with Gasteiger partial charge in [-0.2, -0.15) is 0 Å². The van der Waals surface area contributed by atoms with Crippen molar-refractivity contribution in [3.05, 3.63) is 35.4 Å². The van der Waals surface area contributed by atoms with E-state index in [9.17, 15) is 4.79 Å². The fraction of sp³-hybridized carbons (Fsp3) is 0. The predicted octanol–water partition coefficient (Wildman–Crippen LogP) is 1.77. The molecule has 3 N–H and O–H groups in total. The molecule has 1 aromatic carbocycles. The summed E-state index contributed by atoms with van der Waals surface area (Å²) >= 11 is 5.21. The van der Waals surface area contributed by atoms with Crippen LogP contribution in [0.2, 0.25) is 0 Å². The molecular formula is C8H8Cl2N2O. The lowest BCUT2D eigenvalue weighted by Crippen LogP contribution is -2.10. The molecule has 0 radical (unpaired) electrons. The summed E-state index contributed by atoms with van der Waals surface area (Å²) in [5.41, 5.74) is 6.19. The number of carbonyl (C=O) groups excluding carboxylic acids is 1. The first-order valence-corrected chi connectivity index (χ1v) is 3.63. The topological polar surface area (TPSA) is 66.9 Å². The summed E-state index contributed by atoms with van der Waals surface area (Å²) in [5, 5.41) is 6.56. The second kappa shape index (κ2) is 4.84. The van der Waals surface area contributed by atoms with Crippen LogP contribution in [0.25, 0.3) is 0 Å². The molecule has 1 aromatic rings. The fourth-order valence-corrected chi connectivity index (χ4v) is 0.907. The van der Waals surface area contributed by atoms with Gasteiger partial charge in [0.2, 0.25) is 0 Å². The highest BCUT2D eigenvalue weighted by atomic mass is 35.5. The third-order valence-electron chi connectivity index (χ3n) is 1.42. The Balaban J connectivity index is 0.00000144. The van der Waals surface area contributed by atoms with Crippen molar-refractivity contribution in [2.45, 2.75) is 0 Å². The number of hydrogen-bond donors (Lipinski definition) is 2. The number of carbonyl (C=O) groups is 1. The van der Waals surface area contributed by atoms with Gasteiger partial charge < -0.3 is 5.73 Å². The third-order valence-corrected chi connectivity index (χ3v) is 1.64. The largest absolute Gasteiger partial charge is 0.384 e. The van der Waals surface area contributed by atoms with Crippen molar-refractivity contribution in [3.63, 3.8) is 0 Å². The summed E-state index contributed by atoms with van der Waals surface area (Å²) in [5.74, 6) is -0.0245. The van der Waals surface area contributed by atoms with E-state index in [0.717, 1.165) is 0 Å². The van der Waals surface area contributed by atoms with Gasteiger partial charge in [-0.15, -0.1) is 12.4 Å². The Hall–Kier alpha value is -1.06. The Bertz CT molecular complexity index is 288. The second-order valence-corrected chi connectivity index (χ2v) is 2.61. The molecule has 0 heterocycles. The van der Waals surface area contributed by atoms with Crippen molar-refractivity contribution < 1.29 is 4.79 Å². The summed E-state index contributed by atoms with van der Waals surface area (Å²) < 4.78 is 0. The number of rotatable bonds is 2. The minimum Gasteiger partial charge on any atom is -0.384 e. The van der Waals surface area contributed by atoms with Crippen molar-refractivity contribution in [2.24, 2.45) is 5.73 Å². The van der Waals surface area contributed by atoms with Crippen molar-refractivity contribution in [1.29, 1.82) is 5.41 Å². The Kier molecular flexibility index (Phi) is 4.45. The molecule has 0 saturated carbocycles. The SMILES string of the molecule is Cl.N=C(N)c1ccc(C(=O)Cl)cc1. The molecule has 0 bridgehead atoms. The van der Waals surface area contributed by atoms with Crippen molar-refractivity contribution in [2.75, 3.05) is 0 Å². The summed E-state index contributed by atoms with van der Waals surface area (Å²) in [4.78, 5) is 10.6. The standard InChI is InChI=1S/C8H7ClN2O.ClH/c9-7(12)5-1-3-6(4-2-5)8(10)11;/h1-4H,(H3,10,11);1H. The van der Waals surface area contributed by atoms with E-state index in [1.807, 2.05) is 0 Å². The van der Waals surface area contributed by atoms with Crippen LogP contribution in [0.3, 0.4) is 0 Å². The number of nitrogens with one attached hydrogen (secondary N) is 1. The lowest BCUT2D eigenvalue weighted by atomic mass is 10.1. The molecule has 0 aliphatic carbocycles. The lowest BCUT2D eigenvalue weighted by Gasteiger charge is -1.97. The third kappa shape index (κ3) is 3.05. The van der Waals surface area contributed by atoms with Crippen LogP contribution in [-0.4, -0.2) is 11.1 Å². The van der Waals surface area contributed by atoms with Gasteiger partial charge in [0.05, 0.1) is 0 Å². The first-order chi connectivity index (χ1) is 5.61. The van der Waals surface area contributed by atoms with E-state index in [-0.39, 0.29) is 18.2 Å². The maximum atomic E-state index is 10.6. The van der Waals surface area contributed by atoms with Gasteiger partial charge in [-0.25, -0.2) is 0 Å². The molecule has 0 atom stereocenters. The Labute approximate surface area is 86.8 Å². The van der Waals surface area contributed by atoms with E-state index >= 15 is 0 Å². The molecule has 0 amide bonds. The zero-order valence-corrected chi connectivity index (χ0v) is 8.15. The molecule has 13 heavy (non-hydrogen) atoms. The van der Waals surface area contributed by atoms with E-state index in [1.54, 1.807) is 12.1 Å². The van der Waals surface area contributed by atoms with Crippen molar-refractivity contribution >= 4 is 35.1 Å². The number of amidine groups is 1. The molecule has 1 rings (SSSR count). The smallest absolute Gasteiger partial charge is 0.252 e. The number of benzene rings is 1. The van der Waals surface area contributed by atoms with E-state index < -0.39 is 5.24 Å². The maximum absolute atomic E-state index is 10.6. The Morgan fingerprint density at radius 1 is 1.23 bits per heavy atom. The van der Waals surface area contributed by atoms with Crippen LogP contribution in [0.1, 0.15) is 15.9 Å². The monoisotopic (exact) mass is 218 g/mol. The molecule has 0 aromatic heterocycles. The number of nitrogens with two attached hydrogens (primary N) is 1. The highest BCUT2D eigenvalue weighted by Crippen LogP contribution is 2.06. The average molecular weight is 219 g/mol. The van der Waals surface area contributed by atoms with Gasteiger partial charge in [0, 0.05) is 11.1 Å². The van der Waals surface area contributed by atoms with Crippen LogP contribution >= 0.6 is 24.0 Å². The molecule has 0 spiro atoms. The average Bonchev–Trinajstić information content (AvgIpc) is 2.04. The van der Waals surface area contributed by atoms with Crippen molar-refractivity contribution in [3.8, 4) is 0 Å². The van der Waals surface area contributed by atoms with Gasteiger partial charge in [-0.1, -0.05) is 12.1 Å². The first-order valence-electron chi connectivity index (χ1n) is 3.25. The number of halogens is 2. The van der Waals surface area contributed by atoms with E-state index in [0.29, 0.717) is 11.1 Å². The molecule has 0 fully saturated rings. The van der Waals surface area contributed by atoms with Gasteiger partial charge >= 0.3 is 0 Å². The van der Waals surface area contributed by atoms with Crippen LogP contribution < -0.4 is 5.73 Å². The highest BCUT2D eigenvalue weighted by Gasteiger charge is 2.01. The molecule has 0 aliphatic rings. The molecule has 0 aliphatic heterocycles. The quantitative estimate of drug-likeness (QED) is 0.452. The molecule has 3 nitrogen and oxygen atoms in total. The van der Waals surface area contributed by atoms with E-state index in [4.69, 9.17) is 22.7 Å². The Morgan fingerprint density at radius 2 is 1.62 bits per heavy atom. The minimum atomic E-state index is -0.509. The van der Waals surface area contributed by atoms with Gasteiger partial charge in [0.1, 0.15) is 5.84 Å². The highest BCUT2D eigenvalue weighted by molar-refractivity contribution is 6.67. The summed E-state index contributed by atoms with van der Waals surface area (Å²) in [6.07, 6.45) is 0. The molecule has 0 saturated heterocycles. The first kappa shape index (κ1) is 11.9. The van der Waals surface area contributed by atoms with Crippen LogP contribution in [0.5, 0.6) is 0 Å². The lowest BCUT2D eigenvalue weighted by molar-refractivity contribution is 0.108. The summed E-state index contributed by atoms with van der Waals surface area (Å²) in [7, 11) is 0. The van der Waals surface area contributed by atoms with Gasteiger partial charge in [0.15, 0.2) is 0 Å². The van der Waals surface area contributed by atoms with E-state index in [1.165, 1.54) is 12.1 Å². The minimum absolute atomic E-state index is 0. The molecular weight excluding hydrogens is 211 g/mol. The van der Waals surface area contributed by atoms with Crippen molar-refractivity contribution in [1.82, 2.24) is 0 Å². The van der Waals surface area contributed by atoms with Crippen LogP contribution in [0.4, 0.5) is 0 Å². The van der Waals surface area contributed by atoms with Gasteiger partial charge in [-0.05, 0) is 23.7 Å². The van der Waals surface area contributed by atoms with Crippen LogP contribution in [0, 0.1) is 5.41 Å². The fourth-order valence-electron chi connectivity index (χ4n) is 0.781. The van der Waals surface area contributed by atoms with Crippen LogP contribution in [0.15, 0.2) is 24.3 Å². The maximum Gasteiger partial charge on any atom is 0.252 e. The molecule has 70 valence electrons. The predicted molar refractivity (Wildman–Crippen MR) is 54.9 cm³/mol. The van der Waals surface area contributed by atoms with Crippen LogP contribution in [-0.2, 0) is 0 Å². The van der Waals surface area contributed by atoms with Gasteiger partial charge in [-0.3, -0.25) is 10.2 Å². The number of nitrogen functional groups attached to an aromatic ring is 1. The summed E-state index contributed by atoms with van der Waals surface area (Å²) in [6.45, 7) is 0. The normalized spacial score (nSPS) is 8.69. The zero-order chi connectivity index (χ0) is 9.14. The zero-order valence-electron chi connectivity index (χ0n) is 6.58. The van der Waals surface area contributed by atoms with E-state index in [2.05, 4.69) is 0 Å².